The van der Waals surface area contributed by atoms with Crippen molar-refractivity contribution >= 4 is 11.7 Å². The van der Waals surface area contributed by atoms with Gasteiger partial charge in [0.1, 0.15) is 17.4 Å². The van der Waals surface area contributed by atoms with Gasteiger partial charge in [0.25, 0.3) is 0 Å². The summed E-state index contributed by atoms with van der Waals surface area (Å²) in [6.07, 6.45) is 2.79. The van der Waals surface area contributed by atoms with Crippen LogP contribution in [0.1, 0.15) is 31.2 Å². The molecule has 2 rings (SSSR count). The number of nitriles is 1. The molecule has 1 fully saturated rings. The Morgan fingerprint density at radius 2 is 2.11 bits per heavy atom. The van der Waals surface area contributed by atoms with Crippen molar-refractivity contribution in [2.45, 2.75) is 31.2 Å². The maximum Gasteiger partial charge on any atom is 0.329 e. The zero-order valence-electron chi connectivity index (χ0n) is 9.74. The Morgan fingerprint density at radius 3 is 2.67 bits per heavy atom. The summed E-state index contributed by atoms with van der Waals surface area (Å²) in [6, 6.07) is 5.71. The van der Waals surface area contributed by atoms with Crippen LogP contribution in [0.4, 0.5) is 10.1 Å². The summed E-state index contributed by atoms with van der Waals surface area (Å²) < 4.78 is 13.2. The highest BCUT2D eigenvalue weighted by molar-refractivity contribution is 5.83. The predicted octanol–water partition coefficient (Wildman–Crippen LogP) is 2.51. The summed E-state index contributed by atoms with van der Waals surface area (Å²) in [5.74, 6) is -1.50. The summed E-state index contributed by atoms with van der Waals surface area (Å²) in [6.45, 7) is 0. The average Bonchev–Trinajstić information content (AvgIpc) is 2.81. The molecular weight excluding hydrogens is 235 g/mol. The van der Waals surface area contributed by atoms with Gasteiger partial charge in [-0.25, -0.2) is 9.18 Å². The molecule has 0 bridgehead atoms. The molecule has 0 spiro atoms. The third kappa shape index (κ3) is 2.14. The molecule has 2 N–H and O–H groups in total. The van der Waals surface area contributed by atoms with Gasteiger partial charge >= 0.3 is 5.97 Å². The molecule has 94 valence electrons. The molecule has 0 amide bonds. The van der Waals surface area contributed by atoms with E-state index < -0.39 is 17.3 Å². The summed E-state index contributed by atoms with van der Waals surface area (Å²) in [7, 11) is 0. The minimum Gasteiger partial charge on any atom is -0.480 e. The van der Waals surface area contributed by atoms with Gasteiger partial charge in [0, 0.05) is 5.69 Å². The third-order valence-corrected chi connectivity index (χ3v) is 3.34. The number of anilines is 1. The molecule has 0 aliphatic heterocycles. The summed E-state index contributed by atoms with van der Waals surface area (Å²) in [5, 5.41) is 21.0. The maximum atomic E-state index is 13.2. The van der Waals surface area contributed by atoms with Gasteiger partial charge in [-0.3, -0.25) is 0 Å². The fourth-order valence-electron chi connectivity index (χ4n) is 2.34. The van der Waals surface area contributed by atoms with Crippen molar-refractivity contribution in [3.05, 3.63) is 29.6 Å². The van der Waals surface area contributed by atoms with Crippen molar-refractivity contribution in [2.24, 2.45) is 0 Å². The lowest BCUT2D eigenvalue weighted by Gasteiger charge is -2.26. The first-order valence-corrected chi connectivity index (χ1v) is 5.79. The van der Waals surface area contributed by atoms with Crippen LogP contribution in [0.5, 0.6) is 0 Å². The zero-order chi connectivity index (χ0) is 13.2. The van der Waals surface area contributed by atoms with Crippen molar-refractivity contribution in [1.29, 1.82) is 5.26 Å². The van der Waals surface area contributed by atoms with E-state index >= 15 is 0 Å². The summed E-state index contributed by atoms with van der Waals surface area (Å²) >= 11 is 0. The molecule has 0 unspecified atom stereocenters. The Kier molecular flexibility index (Phi) is 3.19. The van der Waals surface area contributed by atoms with Crippen molar-refractivity contribution in [3.8, 4) is 6.07 Å². The van der Waals surface area contributed by atoms with E-state index in [9.17, 15) is 14.3 Å². The molecule has 1 aromatic rings. The van der Waals surface area contributed by atoms with Gasteiger partial charge in [-0.2, -0.15) is 5.26 Å². The van der Waals surface area contributed by atoms with Gasteiger partial charge in [-0.1, -0.05) is 12.8 Å². The number of carboxylic acid groups (broad SMARTS) is 1. The van der Waals surface area contributed by atoms with E-state index in [1.165, 1.54) is 18.2 Å². The second-order valence-corrected chi connectivity index (χ2v) is 4.53. The Bertz CT molecular complexity index is 516. The molecule has 0 saturated heterocycles. The Balaban J connectivity index is 2.28. The molecule has 1 aliphatic carbocycles. The first-order chi connectivity index (χ1) is 8.57. The third-order valence-electron chi connectivity index (χ3n) is 3.34. The number of halogens is 1. The quantitative estimate of drug-likeness (QED) is 0.862. The highest BCUT2D eigenvalue weighted by Crippen LogP contribution is 2.33. The van der Waals surface area contributed by atoms with Crippen LogP contribution < -0.4 is 5.32 Å². The number of nitrogens with zero attached hydrogens (tertiary/aromatic N) is 1. The van der Waals surface area contributed by atoms with Gasteiger partial charge in [-0.05, 0) is 31.0 Å². The van der Waals surface area contributed by atoms with Crippen LogP contribution in [0, 0.1) is 17.1 Å². The normalized spacial score (nSPS) is 17.1. The van der Waals surface area contributed by atoms with E-state index in [4.69, 9.17) is 5.26 Å². The predicted molar refractivity (Wildman–Crippen MR) is 63.6 cm³/mol. The van der Waals surface area contributed by atoms with E-state index in [0.717, 1.165) is 12.8 Å². The average molecular weight is 248 g/mol. The molecule has 1 aromatic carbocycles. The molecular formula is C13H13FN2O2. The minimum atomic E-state index is -0.982. The van der Waals surface area contributed by atoms with E-state index in [1.54, 1.807) is 6.07 Å². The fraction of sp³-hybridized carbons (Fsp3) is 0.385. The molecule has 18 heavy (non-hydrogen) atoms. The Labute approximate surface area is 104 Å². The topological polar surface area (TPSA) is 73.1 Å². The Morgan fingerprint density at radius 1 is 1.44 bits per heavy atom. The van der Waals surface area contributed by atoms with E-state index in [-0.39, 0.29) is 5.56 Å². The number of nitrogens with one attached hydrogen (secondary N) is 1. The van der Waals surface area contributed by atoms with Gasteiger partial charge in [-0.15, -0.1) is 0 Å². The lowest BCUT2D eigenvalue weighted by atomic mass is 9.97. The molecule has 1 saturated carbocycles. The number of aliphatic carboxylic acids is 1. The number of benzene rings is 1. The van der Waals surface area contributed by atoms with Crippen LogP contribution in [0.2, 0.25) is 0 Å². The number of carbonyl (C=O) groups is 1. The van der Waals surface area contributed by atoms with Crippen LogP contribution in [-0.4, -0.2) is 16.6 Å². The largest absolute Gasteiger partial charge is 0.480 e. The van der Waals surface area contributed by atoms with Gasteiger partial charge in [0.2, 0.25) is 0 Å². The first kappa shape index (κ1) is 12.4. The number of carboxylic acids is 1. The van der Waals surface area contributed by atoms with Crippen molar-refractivity contribution in [3.63, 3.8) is 0 Å². The van der Waals surface area contributed by atoms with Crippen molar-refractivity contribution in [1.82, 2.24) is 0 Å². The monoisotopic (exact) mass is 248 g/mol. The van der Waals surface area contributed by atoms with Gasteiger partial charge in [0.05, 0.1) is 5.56 Å². The molecule has 0 heterocycles. The molecule has 0 atom stereocenters. The van der Waals surface area contributed by atoms with Gasteiger partial charge < -0.3 is 10.4 Å². The number of hydrogen-bond acceptors (Lipinski definition) is 3. The standard InChI is InChI=1S/C13H13FN2O2/c14-11-4-3-10(7-9(11)8-15)16-13(12(17)18)5-1-2-6-13/h3-4,7,16H,1-2,5-6H2,(H,17,18). The molecule has 1 aliphatic rings. The zero-order valence-corrected chi connectivity index (χ0v) is 9.74. The second kappa shape index (κ2) is 4.65. The van der Waals surface area contributed by atoms with E-state index in [1.807, 2.05) is 0 Å². The van der Waals surface area contributed by atoms with Crippen LogP contribution in [-0.2, 0) is 4.79 Å². The molecule has 5 heteroatoms. The number of rotatable bonds is 3. The van der Waals surface area contributed by atoms with Crippen molar-refractivity contribution in [2.75, 3.05) is 5.32 Å². The summed E-state index contributed by atoms with van der Waals surface area (Å²) in [5.41, 5.74) is -0.597. The highest BCUT2D eigenvalue weighted by atomic mass is 19.1. The molecule has 0 aromatic heterocycles. The maximum absolute atomic E-state index is 13.2. The van der Waals surface area contributed by atoms with Crippen LogP contribution in [0.25, 0.3) is 0 Å². The highest BCUT2D eigenvalue weighted by Gasteiger charge is 2.41. The van der Waals surface area contributed by atoms with Crippen LogP contribution >= 0.6 is 0 Å². The summed E-state index contributed by atoms with van der Waals surface area (Å²) in [4.78, 5) is 11.3. The van der Waals surface area contributed by atoms with E-state index in [0.29, 0.717) is 18.5 Å². The van der Waals surface area contributed by atoms with E-state index in [2.05, 4.69) is 5.32 Å². The number of hydrogen-bond donors (Lipinski definition) is 2. The smallest absolute Gasteiger partial charge is 0.329 e. The Hall–Kier alpha value is -2.09. The van der Waals surface area contributed by atoms with Gasteiger partial charge in [0.15, 0.2) is 0 Å². The van der Waals surface area contributed by atoms with Crippen molar-refractivity contribution < 1.29 is 14.3 Å². The fourth-order valence-corrected chi connectivity index (χ4v) is 2.34. The second-order valence-electron chi connectivity index (χ2n) is 4.53. The lowest BCUT2D eigenvalue weighted by Crippen LogP contribution is -2.43. The molecule has 4 nitrogen and oxygen atoms in total. The first-order valence-electron chi connectivity index (χ1n) is 5.79. The van der Waals surface area contributed by atoms with Crippen LogP contribution in [0.15, 0.2) is 18.2 Å². The lowest BCUT2D eigenvalue weighted by molar-refractivity contribution is -0.142. The SMILES string of the molecule is N#Cc1cc(NC2(C(=O)O)CCCC2)ccc1F. The molecule has 0 radical (unpaired) electrons. The van der Waals surface area contributed by atoms with Crippen LogP contribution in [0.3, 0.4) is 0 Å². The minimum absolute atomic E-state index is 0.0847.